The average molecular weight is 144 g/mol. The fourth-order valence-corrected chi connectivity index (χ4v) is 0.763. The lowest BCUT2D eigenvalue weighted by atomic mass is 10.1. The Balaban J connectivity index is 3.12. The number of rotatable bonds is 5. The lowest BCUT2D eigenvalue weighted by Gasteiger charge is -2.27. The van der Waals surface area contributed by atoms with Crippen LogP contribution in [-0.2, 0) is 0 Å². The third-order valence-corrected chi connectivity index (χ3v) is 1.43. The number of hydrogen-bond donors (Lipinski definition) is 0. The van der Waals surface area contributed by atoms with Crippen LogP contribution in [0.4, 0.5) is 0 Å². The predicted octanol–water partition coefficient (Wildman–Crippen LogP) is 2.24. The monoisotopic (exact) mass is 144 g/mol. The third-order valence-electron chi connectivity index (χ3n) is 1.43. The lowest BCUT2D eigenvalue weighted by Crippen LogP contribution is -2.19. The van der Waals surface area contributed by atoms with Crippen molar-refractivity contribution >= 4 is 0 Å². The molecule has 0 aliphatic carbocycles. The minimum Gasteiger partial charge on any atom is -0.785 e. The Morgan fingerprint density at radius 3 is 2.30 bits per heavy atom. The van der Waals surface area contributed by atoms with Crippen LogP contribution in [0, 0.1) is 11.1 Å². The van der Waals surface area contributed by atoms with Crippen molar-refractivity contribution in [2.45, 2.75) is 33.6 Å². The zero-order chi connectivity index (χ0) is 7.98. The molecule has 0 radical (unpaired) electrons. The summed E-state index contributed by atoms with van der Waals surface area (Å²) in [6.45, 7) is 7.69. The van der Waals surface area contributed by atoms with Crippen molar-refractivity contribution in [2.24, 2.45) is 5.92 Å². The highest BCUT2D eigenvalue weighted by Crippen LogP contribution is 2.00. The molecule has 2 nitrogen and oxygen atoms in total. The van der Waals surface area contributed by atoms with Crippen LogP contribution in [0.5, 0.6) is 0 Å². The van der Waals surface area contributed by atoms with Crippen molar-refractivity contribution < 1.29 is 0 Å². The topological polar surface area (TPSA) is 26.3 Å². The van der Waals surface area contributed by atoms with Crippen molar-refractivity contribution in [1.82, 2.24) is 5.06 Å². The Morgan fingerprint density at radius 2 is 1.90 bits per heavy atom. The largest absolute Gasteiger partial charge is 0.785 e. The zero-order valence-corrected chi connectivity index (χ0v) is 7.26. The highest BCUT2D eigenvalue weighted by atomic mass is 16.5. The highest BCUT2D eigenvalue weighted by Gasteiger charge is 1.93. The van der Waals surface area contributed by atoms with Gasteiger partial charge in [0.2, 0.25) is 0 Å². The van der Waals surface area contributed by atoms with E-state index in [1.165, 1.54) is 0 Å². The molecule has 0 aromatic rings. The lowest BCUT2D eigenvalue weighted by molar-refractivity contribution is 0.347. The van der Waals surface area contributed by atoms with Gasteiger partial charge in [-0.2, -0.15) is 0 Å². The predicted molar refractivity (Wildman–Crippen MR) is 44.7 cm³/mol. The molecule has 0 atom stereocenters. The molecule has 0 saturated carbocycles. The van der Waals surface area contributed by atoms with Gasteiger partial charge in [0.15, 0.2) is 0 Å². The summed E-state index contributed by atoms with van der Waals surface area (Å²) in [5, 5.41) is 12.0. The molecule has 0 fully saturated rings. The summed E-state index contributed by atoms with van der Waals surface area (Å²) in [5.41, 5.74) is 0. The van der Waals surface area contributed by atoms with Crippen LogP contribution in [0.2, 0.25) is 0 Å². The van der Waals surface area contributed by atoms with Gasteiger partial charge in [-0.1, -0.05) is 20.8 Å². The van der Waals surface area contributed by atoms with Gasteiger partial charge in [-0.3, -0.25) is 0 Å². The molecular formula is C8H18NO-. The van der Waals surface area contributed by atoms with Crippen molar-refractivity contribution in [3.05, 3.63) is 5.21 Å². The molecular weight excluding hydrogens is 126 g/mol. The van der Waals surface area contributed by atoms with E-state index < -0.39 is 0 Å². The van der Waals surface area contributed by atoms with Crippen molar-refractivity contribution in [1.29, 1.82) is 0 Å². The maximum Gasteiger partial charge on any atom is -0.0142 e. The molecule has 0 bridgehead atoms. The second kappa shape index (κ2) is 5.69. The average Bonchev–Trinajstić information content (AvgIpc) is 1.85. The summed E-state index contributed by atoms with van der Waals surface area (Å²) >= 11 is 0. The summed E-state index contributed by atoms with van der Waals surface area (Å²) < 4.78 is 0. The SMILES string of the molecule is CCCN([O-])CCC(C)C. The van der Waals surface area contributed by atoms with Crippen LogP contribution in [0.25, 0.3) is 0 Å². The Labute approximate surface area is 63.8 Å². The zero-order valence-electron chi connectivity index (χ0n) is 7.26. The fraction of sp³-hybridized carbons (Fsp3) is 1.00. The van der Waals surface area contributed by atoms with Crippen LogP contribution in [-0.4, -0.2) is 18.2 Å². The van der Waals surface area contributed by atoms with Gasteiger partial charge >= 0.3 is 0 Å². The molecule has 0 aromatic heterocycles. The van der Waals surface area contributed by atoms with Gasteiger partial charge in [0.1, 0.15) is 0 Å². The van der Waals surface area contributed by atoms with E-state index in [4.69, 9.17) is 0 Å². The normalized spacial score (nSPS) is 11.4. The van der Waals surface area contributed by atoms with Gasteiger partial charge in [-0.25, -0.2) is 0 Å². The van der Waals surface area contributed by atoms with E-state index in [2.05, 4.69) is 13.8 Å². The standard InChI is InChI=1S/C8H18NO/c1-4-6-9(10)7-5-8(2)3/h8H,4-7H2,1-3H3/q-1. The van der Waals surface area contributed by atoms with Gasteiger partial charge in [-0.15, -0.1) is 0 Å². The van der Waals surface area contributed by atoms with Crippen LogP contribution < -0.4 is 0 Å². The Morgan fingerprint density at radius 1 is 1.30 bits per heavy atom. The fourth-order valence-electron chi connectivity index (χ4n) is 0.763. The first-order chi connectivity index (χ1) is 4.66. The highest BCUT2D eigenvalue weighted by molar-refractivity contribution is 4.57. The Kier molecular flexibility index (Phi) is 5.64. The molecule has 0 aliphatic heterocycles. The first-order valence-electron chi connectivity index (χ1n) is 4.09. The van der Waals surface area contributed by atoms with Gasteiger partial charge in [0.25, 0.3) is 0 Å². The van der Waals surface area contributed by atoms with Crippen molar-refractivity contribution in [3.8, 4) is 0 Å². The van der Waals surface area contributed by atoms with Gasteiger partial charge in [0, 0.05) is 0 Å². The molecule has 0 N–H and O–H groups in total. The molecule has 0 heterocycles. The molecule has 0 aliphatic rings. The molecule has 0 amide bonds. The molecule has 0 rings (SSSR count). The minimum absolute atomic E-state index is 0.647. The Hall–Kier alpha value is -0.0800. The van der Waals surface area contributed by atoms with Crippen LogP contribution in [0.15, 0.2) is 0 Å². The van der Waals surface area contributed by atoms with Crippen LogP contribution in [0.3, 0.4) is 0 Å². The molecule has 10 heavy (non-hydrogen) atoms. The number of hydroxylamine groups is 2. The van der Waals surface area contributed by atoms with Crippen LogP contribution in [0.1, 0.15) is 33.6 Å². The molecule has 0 aromatic carbocycles. The molecule has 62 valence electrons. The molecule has 0 spiro atoms. The first-order valence-corrected chi connectivity index (χ1v) is 4.09. The van der Waals surface area contributed by atoms with Crippen LogP contribution >= 0.6 is 0 Å². The summed E-state index contributed by atoms with van der Waals surface area (Å²) in [6, 6.07) is 0. The molecule has 2 heteroatoms. The minimum atomic E-state index is 0.647. The van der Waals surface area contributed by atoms with E-state index in [1.807, 2.05) is 6.92 Å². The van der Waals surface area contributed by atoms with Gasteiger partial charge in [-0.05, 0) is 31.8 Å². The maximum absolute atomic E-state index is 10.9. The van der Waals surface area contributed by atoms with Gasteiger partial charge < -0.3 is 10.3 Å². The van der Waals surface area contributed by atoms with E-state index in [0.29, 0.717) is 19.0 Å². The number of hydrogen-bond acceptors (Lipinski definition) is 2. The molecule has 0 unspecified atom stereocenters. The number of nitrogens with zero attached hydrogens (tertiary/aromatic N) is 1. The van der Waals surface area contributed by atoms with Gasteiger partial charge in [0.05, 0.1) is 0 Å². The first kappa shape index (κ1) is 9.92. The summed E-state index contributed by atoms with van der Waals surface area (Å²) in [6.07, 6.45) is 1.98. The second-order valence-corrected chi connectivity index (χ2v) is 3.11. The maximum atomic E-state index is 10.9. The second-order valence-electron chi connectivity index (χ2n) is 3.11. The van der Waals surface area contributed by atoms with E-state index in [9.17, 15) is 5.21 Å². The quantitative estimate of drug-likeness (QED) is 0.553. The van der Waals surface area contributed by atoms with E-state index in [-0.39, 0.29) is 0 Å². The molecule has 0 saturated heterocycles. The van der Waals surface area contributed by atoms with Crippen molar-refractivity contribution in [2.75, 3.05) is 13.1 Å². The summed E-state index contributed by atoms with van der Waals surface area (Å²) in [5.74, 6) is 0.647. The van der Waals surface area contributed by atoms with E-state index in [1.54, 1.807) is 0 Å². The van der Waals surface area contributed by atoms with E-state index >= 15 is 0 Å². The smallest absolute Gasteiger partial charge is 0.0142 e. The Bertz CT molecular complexity index is 73.7. The third kappa shape index (κ3) is 6.05. The summed E-state index contributed by atoms with van der Waals surface area (Å²) in [7, 11) is 0. The van der Waals surface area contributed by atoms with Crippen molar-refractivity contribution in [3.63, 3.8) is 0 Å². The van der Waals surface area contributed by atoms with E-state index in [0.717, 1.165) is 17.9 Å². The summed E-state index contributed by atoms with van der Waals surface area (Å²) in [4.78, 5) is 0.